The molecule has 0 aliphatic rings. The van der Waals surface area contributed by atoms with Crippen molar-refractivity contribution in [3.05, 3.63) is 24.3 Å². The maximum absolute atomic E-state index is 12.4. The molecule has 0 heterocycles. The number of fused-ring (bicyclic) bond motifs is 1. The molecule has 2 aromatic carbocycles. The van der Waals surface area contributed by atoms with E-state index >= 15 is 0 Å². The average Bonchev–Trinajstić information content (AvgIpc) is 2.80. The highest BCUT2D eigenvalue weighted by Gasteiger charge is 2.27. The first-order valence-corrected chi connectivity index (χ1v) is 11.3. The van der Waals surface area contributed by atoms with Crippen molar-refractivity contribution < 1.29 is 28.5 Å². The van der Waals surface area contributed by atoms with Crippen LogP contribution in [0.25, 0.3) is 10.8 Å². The second-order valence-electron chi connectivity index (χ2n) is 7.19. The number of carbonyl (C=O) groups excluding carboxylic acids is 2. The minimum Gasteiger partial charge on any atom is -0.486 e. The van der Waals surface area contributed by atoms with E-state index in [0.717, 1.165) is 25.7 Å². The molecule has 0 aliphatic carbocycles. The molecule has 0 radical (unpaired) electrons. The summed E-state index contributed by atoms with van der Waals surface area (Å²) >= 11 is 0. The molecule has 2 N–H and O–H groups in total. The summed E-state index contributed by atoms with van der Waals surface area (Å²) in [7, 11) is 0. The van der Waals surface area contributed by atoms with Gasteiger partial charge in [-0.2, -0.15) is 0 Å². The van der Waals surface area contributed by atoms with Crippen molar-refractivity contribution in [2.75, 3.05) is 26.3 Å². The van der Waals surface area contributed by atoms with Crippen LogP contribution in [0.2, 0.25) is 0 Å². The minimum absolute atomic E-state index is 0.232. The Balaban J connectivity index is 2.67. The van der Waals surface area contributed by atoms with Gasteiger partial charge in [-0.25, -0.2) is 9.59 Å². The molecule has 8 heteroatoms. The van der Waals surface area contributed by atoms with Crippen molar-refractivity contribution in [2.45, 2.75) is 53.4 Å². The third-order valence-corrected chi connectivity index (χ3v) is 4.36. The highest BCUT2D eigenvalue weighted by molar-refractivity contribution is 6.01. The highest BCUT2D eigenvalue weighted by atomic mass is 16.6. The lowest BCUT2D eigenvalue weighted by Crippen LogP contribution is -2.28. The van der Waals surface area contributed by atoms with E-state index in [1.54, 1.807) is 12.1 Å². The zero-order valence-corrected chi connectivity index (χ0v) is 19.4. The number of ether oxygens (including phenoxy) is 4. The van der Waals surface area contributed by atoms with E-state index in [0.29, 0.717) is 37.1 Å². The molecule has 8 nitrogen and oxygen atoms in total. The normalized spacial score (nSPS) is 10.5. The summed E-state index contributed by atoms with van der Waals surface area (Å²) in [6.07, 6.45) is 1.84. The smallest absolute Gasteiger partial charge is 0.412 e. The first-order chi connectivity index (χ1) is 15.6. The quantitative estimate of drug-likeness (QED) is 0.452. The molecule has 2 aromatic rings. The second kappa shape index (κ2) is 13.3. The standard InChI is InChI=1S/C24H34N2O6/c1-5-13-25-23(27)31-19-17-11-9-10-12-18(17)20(32-24(28)26-14-6-2)22(30-16-8-4)21(19)29-15-7-3/h9-12H,5-8,13-16H2,1-4H3,(H,25,27)(H,26,28). The Labute approximate surface area is 189 Å². The first kappa shape index (κ1) is 25.1. The largest absolute Gasteiger partial charge is 0.486 e. The molecule has 0 bridgehead atoms. The fraction of sp³-hybridized carbons (Fsp3) is 0.500. The molecule has 176 valence electrons. The lowest BCUT2D eigenvalue weighted by molar-refractivity contribution is 0.190. The summed E-state index contributed by atoms with van der Waals surface area (Å²) in [5.74, 6) is 0.943. The fourth-order valence-electron chi connectivity index (χ4n) is 2.91. The molecule has 0 saturated heterocycles. The highest BCUT2D eigenvalue weighted by Crippen LogP contribution is 2.51. The van der Waals surface area contributed by atoms with Crippen molar-refractivity contribution in [1.82, 2.24) is 10.6 Å². The van der Waals surface area contributed by atoms with Gasteiger partial charge in [-0.05, 0) is 25.7 Å². The van der Waals surface area contributed by atoms with E-state index in [9.17, 15) is 9.59 Å². The van der Waals surface area contributed by atoms with E-state index in [4.69, 9.17) is 18.9 Å². The van der Waals surface area contributed by atoms with Gasteiger partial charge < -0.3 is 29.6 Å². The molecule has 0 aromatic heterocycles. The van der Waals surface area contributed by atoms with Crippen molar-refractivity contribution >= 4 is 23.0 Å². The van der Waals surface area contributed by atoms with Gasteiger partial charge in [-0.1, -0.05) is 52.0 Å². The van der Waals surface area contributed by atoms with Crippen LogP contribution in [0.15, 0.2) is 24.3 Å². The Morgan fingerprint density at radius 2 is 1.06 bits per heavy atom. The van der Waals surface area contributed by atoms with Gasteiger partial charge in [0.15, 0.2) is 11.5 Å². The van der Waals surface area contributed by atoms with E-state index in [2.05, 4.69) is 10.6 Å². The van der Waals surface area contributed by atoms with Gasteiger partial charge in [0, 0.05) is 23.9 Å². The summed E-state index contributed by atoms with van der Waals surface area (Å²) in [6, 6.07) is 7.21. The number of benzene rings is 2. The van der Waals surface area contributed by atoms with Gasteiger partial charge in [-0.15, -0.1) is 0 Å². The number of rotatable bonds is 12. The fourth-order valence-corrected chi connectivity index (χ4v) is 2.91. The Hall–Kier alpha value is -3.16. The molecule has 0 aliphatic heterocycles. The molecule has 2 amide bonds. The van der Waals surface area contributed by atoms with Crippen molar-refractivity contribution in [1.29, 1.82) is 0 Å². The lowest BCUT2D eigenvalue weighted by Gasteiger charge is -2.21. The van der Waals surface area contributed by atoms with Crippen LogP contribution in [-0.4, -0.2) is 38.5 Å². The van der Waals surface area contributed by atoms with Gasteiger partial charge in [0.25, 0.3) is 0 Å². The molecular formula is C24H34N2O6. The zero-order valence-electron chi connectivity index (χ0n) is 19.4. The van der Waals surface area contributed by atoms with E-state index in [1.165, 1.54) is 0 Å². The van der Waals surface area contributed by atoms with Gasteiger partial charge in [0.2, 0.25) is 11.5 Å². The monoisotopic (exact) mass is 446 g/mol. The maximum Gasteiger partial charge on any atom is 0.412 e. The van der Waals surface area contributed by atoms with Crippen molar-refractivity contribution in [2.24, 2.45) is 0 Å². The summed E-state index contributed by atoms with van der Waals surface area (Å²) in [4.78, 5) is 24.8. The minimum atomic E-state index is -0.589. The molecule has 0 atom stereocenters. The van der Waals surface area contributed by atoms with E-state index in [1.807, 2.05) is 39.8 Å². The van der Waals surface area contributed by atoms with E-state index < -0.39 is 12.2 Å². The number of hydrogen-bond acceptors (Lipinski definition) is 6. The van der Waals surface area contributed by atoms with Gasteiger partial charge >= 0.3 is 12.2 Å². The Morgan fingerprint density at radius 3 is 1.41 bits per heavy atom. The third-order valence-electron chi connectivity index (χ3n) is 4.36. The molecule has 0 spiro atoms. The molecule has 0 saturated carbocycles. The van der Waals surface area contributed by atoms with Crippen LogP contribution >= 0.6 is 0 Å². The van der Waals surface area contributed by atoms with Gasteiger partial charge in [0.05, 0.1) is 13.2 Å². The first-order valence-electron chi connectivity index (χ1n) is 11.3. The Kier molecular flexibility index (Phi) is 10.4. The van der Waals surface area contributed by atoms with E-state index in [-0.39, 0.29) is 23.0 Å². The zero-order chi connectivity index (χ0) is 23.3. The van der Waals surface area contributed by atoms with Crippen molar-refractivity contribution in [3.63, 3.8) is 0 Å². The third kappa shape index (κ3) is 6.67. The molecule has 0 fully saturated rings. The molecular weight excluding hydrogens is 412 g/mol. The average molecular weight is 447 g/mol. The summed E-state index contributed by atoms with van der Waals surface area (Å²) in [6.45, 7) is 9.56. The maximum atomic E-state index is 12.4. The number of amides is 2. The Bertz CT molecular complexity index is 827. The molecule has 2 rings (SSSR count). The Morgan fingerprint density at radius 1 is 0.656 bits per heavy atom. The van der Waals surface area contributed by atoms with Crippen LogP contribution in [0, 0.1) is 0 Å². The summed E-state index contributed by atoms with van der Waals surface area (Å²) in [5, 5.41) is 6.57. The lowest BCUT2D eigenvalue weighted by atomic mass is 10.1. The van der Waals surface area contributed by atoms with Crippen LogP contribution in [0.1, 0.15) is 53.4 Å². The van der Waals surface area contributed by atoms with Crippen molar-refractivity contribution in [3.8, 4) is 23.0 Å². The molecule has 32 heavy (non-hydrogen) atoms. The second-order valence-corrected chi connectivity index (χ2v) is 7.19. The van der Waals surface area contributed by atoms with Crippen LogP contribution in [0.5, 0.6) is 23.0 Å². The topological polar surface area (TPSA) is 95.1 Å². The van der Waals surface area contributed by atoms with Crippen LogP contribution in [-0.2, 0) is 0 Å². The number of nitrogens with one attached hydrogen (secondary N) is 2. The predicted molar refractivity (Wildman–Crippen MR) is 124 cm³/mol. The number of hydrogen-bond donors (Lipinski definition) is 2. The molecule has 0 unspecified atom stereocenters. The van der Waals surface area contributed by atoms with Crippen LogP contribution in [0.3, 0.4) is 0 Å². The van der Waals surface area contributed by atoms with Gasteiger partial charge in [0.1, 0.15) is 0 Å². The predicted octanol–water partition coefficient (Wildman–Crippen LogP) is 5.41. The SMILES string of the molecule is CCCNC(=O)Oc1c(OCCC)c(OCCC)c(OC(=O)NCCC)c2ccccc12. The summed E-state index contributed by atoms with van der Waals surface area (Å²) < 4.78 is 23.4. The summed E-state index contributed by atoms with van der Waals surface area (Å²) in [5.41, 5.74) is 0. The van der Waals surface area contributed by atoms with Crippen LogP contribution < -0.4 is 29.6 Å². The number of carbonyl (C=O) groups is 2. The van der Waals surface area contributed by atoms with Crippen LogP contribution in [0.4, 0.5) is 9.59 Å². The van der Waals surface area contributed by atoms with Gasteiger partial charge in [-0.3, -0.25) is 0 Å².